The Balaban J connectivity index is 2.31. The van der Waals surface area contributed by atoms with E-state index in [0.717, 1.165) is 18.5 Å². The van der Waals surface area contributed by atoms with Crippen LogP contribution in [0.3, 0.4) is 0 Å². The van der Waals surface area contributed by atoms with Crippen molar-refractivity contribution in [3.63, 3.8) is 0 Å². The fraction of sp³-hybridized carbons (Fsp3) is 0.533. The van der Waals surface area contributed by atoms with E-state index in [1.807, 2.05) is 24.1 Å². The lowest BCUT2D eigenvalue weighted by Gasteiger charge is -2.33. The van der Waals surface area contributed by atoms with Crippen molar-refractivity contribution in [3.8, 4) is 0 Å². The normalized spacial score (nSPS) is 17.2. The molecule has 0 spiro atoms. The molecule has 0 heterocycles. The molecule has 1 aromatic carbocycles. The maximum Gasteiger partial charge on any atom is 0.180 e. The van der Waals surface area contributed by atoms with Crippen molar-refractivity contribution in [2.24, 2.45) is 0 Å². The average Bonchev–Trinajstić information content (AvgIpc) is 2.47. The molecule has 1 aromatic rings. The Morgan fingerprint density at radius 1 is 1.20 bits per heavy atom. The smallest absolute Gasteiger partial charge is 0.180 e. The van der Waals surface area contributed by atoms with Gasteiger partial charge in [0.15, 0.2) is 9.84 Å². The van der Waals surface area contributed by atoms with E-state index < -0.39 is 9.84 Å². The fourth-order valence-corrected chi connectivity index (χ4v) is 3.80. The van der Waals surface area contributed by atoms with Gasteiger partial charge in [-0.3, -0.25) is 4.79 Å². The quantitative estimate of drug-likeness (QED) is 0.856. The van der Waals surface area contributed by atoms with Gasteiger partial charge in [0.05, 0.1) is 16.3 Å². The SMILES string of the molecule is CCS(=O)(=O)c1ccccc1N(C)C1CCC(=O)CC1. The van der Waals surface area contributed by atoms with Crippen LogP contribution in [0.4, 0.5) is 5.69 Å². The van der Waals surface area contributed by atoms with Gasteiger partial charge < -0.3 is 4.90 Å². The van der Waals surface area contributed by atoms with Gasteiger partial charge in [-0.2, -0.15) is 0 Å². The van der Waals surface area contributed by atoms with Crippen LogP contribution < -0.4 is 4.90 Å². The van der Waals surface area contributed by atoms with Crippen LogP contribution in [0.5, 0.6) is 0 Å². The predicted octanol–water partition coefficient (Wildman–Crippen LogP) is 2.43. The molecular weight excluding hydrogens is 274 g/mol. The lowest BCUT2D eigenvalue weighted by molar-refractivity contribution is -0.120. The molecular formula is C15H21NO3S. The lowest BCUT2D eigenvalue weighted by Crippen LogP contribution is -2.36. The summed E-state index contributed by atoms with van der Waals surface area (Å²) in [5.74, 6) is 0.408. The molecule has 0 aliphatic heterocycles. The zero-order valence-electron chi connectivity index (χ0n) is 12.0. The molecule has 0 bridgehead atoms. The number of Topliss-reactive ketones (excluding diaryl/α,β-unsaturated/α-hetero) is 1. The van der Waals surface area contributed by atoms with Gasteiger partial charge in [0.1, 0.15) is 5.78 Å². The molecule has 0 aromatic heterocycles. The Bertz CT molecular complexity index is 585. The highest BCUT2D eigenvalue weighted by atomic mass is 32.2. The third-order valence-electron chi connectivity index (χ3n) is 4.02. The van der Waals surface area contributed by atoms with Crippen molar-refractivity contribution in [1.82, 2.24) is 0 Å². The Morgan fingerprint density at radius 2 is 1.80 bits per heavy atom. The van der Waals surface area contributed by atoms with Crippen molar-refractivity contribution >= 4 is 21.3 Å². The highest BCUT2D eigenvalue weighted by Gasteiger charge is 2.26. The summed E-state index contributed by atoms with van der Waals surface area (Å²) >= 11 is 0. The van der Waals surface area contributed by atoms with Crippen molar-refractivity contribution in [1.29, 1.82) is 0 Å². The lowest BCUT2D eigenvalue weighted by atomic mass is 9.93. The second kappa shape index (κ2) is 5.95. The Morgan fingerprint density at radius 3 is 2.40 bits per heavy atom. The Kier molecular flexibility index (Phi) is 4.48. The molecule has 0 amide bonds. The minimum absolute atomic E-state index is 0.0982. The monoisotopic (exact) mass is 295 g/mol. The average molecular weight is 295 g/mol. The summed E-state index contributed by atoms with van der Waals surface area (Å²) in [5, 5.41) is 0. The van der Waals surface area contributed by atoms with Crippen LogP contribution >= 0.6 is 0 Å². The fourth-order valence-electron chi connectivity index (χ4n) is 2.68. The molecule has 1 saturated carbocycles. The van der Waals surface area contributed by atoms with Crippen LogP contribution in [0.2, 0.25) is 0 Å². The van der Waals surface area contributed by atoms with Crippen LogP contribution in [0.25, 0.3) is 0 Å². The topological polar surface area (TPSA) is 54.5 Å². The van der Waals surface area contributed by atoms with E-state index >= 15 is 0 Å². The number of rotatable bonds is 4. The molecule has 1 aliphatic rings. The number of sulfone groups is 1. The molecule has 20 heavy (non-hydrogen) atoms. The first kappa shape index (κ1) is 15.0. The first-order chi connectivity index (χ1) is 9.45. The second-order valence-electron chi connectivity index (χ2n) is 5.25. The summed E-state index contributed by atoms with van der Waals surface area (Å²) in [7, 11) is -1.31. The van der Waals surface area contributed by atoms with Gasteiger partial charge in [-0.1, -0.05) is 19.1 Å². The molecule has 110 valence electrons. The molecule has 5 heteroatoms. The number of anilines is 1. The maximum atomic E-state index is 12.2. The number of carbonyl (C=O) groups is 1. The van der Waals surface area contributed by atoms with Crippen LogP contribution in [0, 0.1) is 0 Å². The van der Waals surface area contributed by atoms with Crippen molar-refractivity contribution < 1.29 is 13.2 Å². The Labute approximate surface area is 120 Å². The summed E-state index contributed by atoms with van der Waals surface area (Å²) < 4.78 is 24.4. The third kappa shape index (κ3) is 3.03. The first-order valence-corrected chi connectivity index (χ1v) is 8.67. The van der Waals surface area contributed by atoms with Crippen molar-refractivity contribution in [3.05, 3.63) is 24.3 Å². The van der Waals surface area contributed by atoms with Crippen LogP contribution in [-0.4, -0.2) is 33.0 Å². The van der Waals surface area contributed by atoms with Crippen LogP contribution in [-0.2, 0) is 14.6 Å². The summed E-state index contributed by atoms with van der Waals surface area (Å²) in [4.78, 5) is 13.7. The molecule has 0 radical (unpaired) electrons. The number of hydrogen-bond donors (Lipinski definition) is 0. The van der Waals surface area contributed by atoms with E-state index in [1.54, 1.807) is 19.1 Å². The zero-order valence-corrected chi connectivity index (χ0v) is 12.8. The second-order valence-corrected chi connectivity index (χ2v) is 7.50. The van der Waals surface area contributed by atoms with Gasteiger partial charge in [0.25, 0.3) is 0 Å². The number of ketones is 1. The van der Waals surface area contributed by atoms with Gasteiger partial charge in [-0.15, -0.1) is 0 Å². The van der Waals surface area contributed by atoms with Crippen LogP contribution in [0.1, 0.15) is 32.6 Å². The van der Waals surface area contributed by atoms with E-state index in [2.05, 4.69) is 0 Å². The highest BCUT2D eigenvalue weighted by Crippen LogP contribution is 2.30. The van der Waals surface area contributed by atoms with Gasteiger partial charge in [-0.05, 0) is 25.0 Å². The largest absolute Gasteiger partial charge is 0.371 e. The first-order valence-electron chi connectivity index (χ1n) is 7.02. The third-order valence-corrected chi connectivity index (χ3v) is 5.80. The van der Waals surface area contributed by atoms with E-state index in [-0.39, 0.29) is 11.8 Å². The van der Waals surface area contributed by atoms with E-state index in [4.69, 9.17) is 0 Å². The minimum atomic E-state index is -3.23. The van der Waals surface area contributed by atoms with Gasteiger partial charge in [-0.25, -0.2) is 8.42 Å². The molecule has 2 rings (SSSR count). The molecule has 0 unspecified atom stereocenters. The summed E-state index contributed by atoms with van der Waals surface area (Å²) in [5.41, 5.74) is 0.744. The summed E-state index contributed by atoms with van der Waals surface area (Å²) in [6.45, 7) is 1.66. The zero-order chi connectivity index (χ0) is 14.8. The standard InChI is InChI=1S/C15H21NO3S/c1-3-20(18,19)15-7-5-4-6-14(15)16(2)12-8-10-13(17)11-9-12/h4-7,12H,3,8-11H2,1-2H3. The predicted molar refractivity (Wildman–Crippen MR) is 79.8 cm³/mol. The molecule has 1 aliphatic carbocycles. The van der Waals surface area contributed by atoms with E-state index in [1.165, 1.54) is 0 Å². The molecule has 1 fully saturated rings. The van der Waals surface area contributed by atoms with Gasteiger partial charge >= 0.3 is 0 Å². The van der Waals surface area contributed by atoms with Crippen molar-refractivity contribution in [2.45, 2.75) is 43.5 Å². The molecule has 0 saturated heterocycles. The Hall–Kier alpha value is -1.36. The highest BCUT2D eigenvalue weighted by molar-refractivity contribution is 7.91. The van der Waals surface area contributed by atoms with E-state index in [0.29, 0.717) is 23.5 Å². The summed E-state index contributed by atoms with van der Waals surface area (Å²) in [6.07, 6.45) is 2.79. The number of para-hydroxylation sites is 1. The van der Waals surface area contributed by atoms with Crippen molar-refractivity contribution in [2.75, 3.05) is 17.7 Å². The van der Waals surface area contributed by atoms with Gasteiger partial charge in [0, 0.05) is 25.9 Å². The molecule has 0 atom stereocenters. The number of hydrogen-bond acceptors (Lipinski definition) is 4. The molecule has 4 nitrogen and oxygen atoms in total. The van der Waals surface area contributed by atoms with Gasteiger partial charge in [0.2, 0.25) is 0 Å². The minimum Gasteiger partial charge on any atom is -0.371 e. The molecule has 0 N–H and O–H groups in total. The number of nitrogens with zero attached hydrogens (tertiary/aromatic N) is 1. The van der Waals surface area contributed by atoms with Crippen LogP contribution in [0.15, 0.2) is 29.2 Å². The number of carbonyl (C=O) groups excluding carboxylic acids is 1. The maximum absolute atomic E-state index is 12.2. The van der Waals surface area contributed by atoms with E-state index in [9.17, 15) is 13.2 Å². The number of benzene rings is 1. The summed E-state index contributed by atoms with van der Waals surface area (Å²) in [6, 6.07) is 7.36.